The molecule has 5 aliphatic rings. The Labute approximate surface area is 317 Å². The molecule has 5 aromatic rings. The van der Waals surface area contributed by atoms with Gasteiger partial charge in [0.05, 0.1) is 51.4 Å². The van der Waals surface area contributed by atoms with E-state index in [4.69, 9.17) is 32.9 Å². The van der Waals surface area contributed by atoms with Crippen molar-refractivity contribution in [3.8, 4) is 29.0 Å². The second-order valence-corrected chi connectivity index (χ2v) is 15.9. The number of nitrogens with zero attached hydrogens (tertiary/aromatic N) is 5. The van der Waals surface area contributed by atoms with E-state index in [2.05, 4.69) is 35.0 Å². The van der Waals surface area contributed by atoms with Crippen LogP contribution in [0.25, 0.3) is 32.9 Å². The number of likely N-dealkylation sites (tertiary alicyclic amines) is 1. The maximum atomic E-state index is 17.2. The number of hydrogen-bond donors (Lipinski definition) is 1. The number of ether oxygens (including phenoxy) is 1. The van der Waals surface area contributed by atoms with Gasteiger partial charge in [-0.05, 0) is 87.4 Å². The van der Waals surface area contributed by atoms with Crippen molar-refractivity contribution in [3.05, 3.63) is 93.0 Å². The molecule has 2 aromatic heterocycles. The molecule has 0 radical (unpaired) electrons. The molecule has 10 rings (SSSR count). The number of benzene rings is 3. The Morgan fingerprint density at radius 1 is 1.09 bits per heavy atom. The number of fused-ring (bicyclic) bond motifs is 4. The number of aromatic nitrogens is 2. The molecule has 6 atom stereocenters. The van der Waals surface area contributed by atoms with Crippen molar-refractivity contribution in [2.24, 2.45) is 11.8 Å². The van der Waals surface area contributed by atoms with Crippen molar-refractivity contribution < 1.29 is 13.9 Å². The summed E-state index contributed by atoms with van der Waals surface area (Å²) < 4.78 is 26.2. The van der Waals surface area contributed by atoms with E-state index in [-0.39, 0.29) is 59.1 Å². The van der Waals surface area contributed by atoms with Crippen molar-refractivity contribution in [2.45, 2.75) is 82.6 Å². The average Bonchev–Trinajstić information content (AvgIpc) is 3.41. The average molecular weight is 748 g/mol. The lowest BCUT2D eigenvalue weighted by Crippen LogP contribution is -2.43. The summed E-state index contributed by atoms with van der Waals surface area (Å²) in [7, 11) is 0. The molecule has 2 saturated carbocycles. The van der Waals surface area contributed by atoms with Crippen molar-refractivity contribution in [3.63, 3.8) is 0 Å². The van der Waals surface area contributed by atoms with E-state index in [1.807, 2.05) is 30.0 Å². The molecule has 1 amide bonds. The molecule has 2 aliphatic carbocycles. The van der Waals surface area contributed by atoms with Gasteiger partial charge in [-0.3, -0.25) is 4.79 Å². The summed E-state index contributed by atoms with van der Waals surface area (Å²) in [4.78, 5) is 21.2. The maximum Gasteiger partial charge on any atom is 0.226 e. The van der Waals surface area contributed by atoms with Crippen LogP contribution in [0.3, 0.4) is 0 Å². The summed E-state index contributed by atoms with van der Waals surface area (Å²) in [6.07, 6.45) is 3.57. The topological polar surface area (TPSA) is 107 Å². The fraction of sp³-hybridized carbons (Fsp3) is 0.381. The molecule has 53 heavy (non-hydrogen) atoms. The minimum Gasteiger partial charge on any atom is -0.488 e. The molecular formula is C42H37Cl2FN6O2. The normalized spacial score (nSPS) is 24.7. The third-order valence-electron chi connectivity index (χ3n) is 12.0. The van der Waals surface area contributed by atoms with Crippen molar-refractivity contribution in [1.29, 1.82) is 10.5 Å². The molecule has 3 aliphatic heterocycles. The van der Waals surface area contributed by atoms with Gasteiger partial charge in [0.25, 0.3) is 0 Å². The van der Waals surface area contributed by atoms with Crippen LogP contribution in [-0.2, 0) is 11.2 Å². The number of nitriles is 2. The fourth-order valence-corrected chi connectivity index (χ4v) is 9.61. The van der Waals surface area contributed by atoms with E-state index in [9.17, 15) is 15.3 Å². The van der Waals surface area contributed by atoms with Crippen LogP contribution < -0.4 is 10.1 Å². The SMILES string of the molecule is Cc1nc2c(F)c(-c3cccc(Cl)c3Cl)c(CCC#N)cc2c2c1cc([C@H]1C[C@H](Oc3cccc(C#N)c3)[C@H](C)N1C(=O)C1CC1)n2[C@H]1[C@H]2CN[C@@H]1C2. The lowest BCUT2D eigenvalue weighted by atomic mass is 9.79. The van der Waals surface area contributed by atoms with Crippen molar-refractivity contribution >= 4 is 50.9 Å². The van der Waals surface area contributed by atoms with Gasteiger partial charge in [0.15, 0.2) is 5.82 Å². The zero-order chi connectivity index (χ0) is 36.7. The van der Waals surface area contributed by atoms with E-state index < -0.39 is 5.82 Å². The lowest BCUT2D eigenvalue weighted by Gasteiger charge is -2.39. The molecule has 2 bridgehead atoms. The molecule has 11 heteroatoms. The van der Waals surface area contributed by atoms with Crippen LogP contribution in [0.5, 0.6) is 5.75 Å². The van der Waals surface area contributed by atoms with E-state index in [1.54, 1.807) is 30.3 Å². The van der Waals surface area contributed by atoms with Crippen LogP contribution in [0.15, 0.2) is 54.6 Å². The first-order valence-electron chi connectivity index (χ1n) is 18.4. The highest BCUT2D eigenvalue weighted by molar-refractivity contribution is 6.43. The van der Waals surface area contributed by atoms with E-state index in [0.717, 1.165) is 42.4 Å². The van der Waals surface area contributed by atoms with Gasteiger partial charge < -0.3 is 19.5 Å². The Kier molecular flexibility index (Phi) is 8.38. The van der Waals surface area contributed by atoms with E-state index in [1.165, 1.54) is 0 Å². The summed E-state index contributed by atoms with van der Waals surface area (Å²) >= 11 is 13.1. The monoisotopic (exact) mass is 746 g/mol. The second kappa shape index (κ2) is 13.0. The minimum absolute atomic E-state index is 0.00208. The first-order chi connectivity index (χ1) is 25.7. The number of carbonyl (C=O) groups excluding carboxylic acids is 1. The molecule has 3 saturated heterocycles. The molecule has 5 heterocycles. The van der Waals surface area contributed by atoms with Gasteiger partial charge >= 0.3 is 0 Å². The van der Waals surface area contributed by atoms with Gasteiger partial charge in [-0.1, -0.05) is 41.4 Å². The van der Waals surface area contributed by atoms with Crippen LogP contribution in [-0.4, -0.2) is 45.1 Å². The van der Waals surface area contributed by atoms with E-state index in [0.29, 0.717) is 62.9 Å². The van der Waals surface area contributed by atoms with Crippen LogP contribution in [0.2, 0.25) is 10.0 Å². The van der Waals surface area contributed by atoms with Crippen molar-refractivity contribution in [2.75, 3.05) is 6.54 Å². The van der Waals surface area contributed by atoms with E-state index >= 15 is 4.39 Å². The zero-order valence-corrected chi connectivity index (χ0v) is 30.9. The zero-order valence-electron chi connectivity index (χ0n) is 29.4. The number of pyridine rings is 1. The Balaban J connectivity index is 1.27. The second-order valence-electron chi connectivity index (χ2n) is 15.1. The molecule has 1 N–H and O–H groups in total. The molecule has 0 spiro atoms. The highest BCUT2D eigenvalue weighted by Crippen LogP contribution is 2.52. The summed E-state index contributed by atoms with van der Waals surface area (Å²) in [6.45, 7) is 4.86. The summed E-state index contributed by atoms with van der Waals surface area (Å²) in [6, 6.07) is 20.7. The van der Waals surface area contributed by atoms with Gasteiger partial charge in [0.2, 0.25) is 5.91 Å². The molecule has 8 nitrogen and oxygen atoms in total. The van der Waals surface area contributed by atoms with Gasteiger partial charge in [0.1, 0.15) is 17.4 Å². The summed E-state index contributed by atoms with van der Waals surface area (Å²) in [5.74, 6) is 0.625. The molecule has 0 unspecified atom stereocenters. The van der Waals surface area contributed by atoms with Gasteiger partial charge in [-0.15, -0.1) is 0 Å². The minimum atomic E-state index is -0.498. The molecule has 5 fully saturated rings. The Morgan fingerprint density at radius 3 is 2.62 bits per heavy atom. The Morgan fingerprint density at radius 2 is 1.91 bits per heavy atom. The third-order valence-corrected chi connectivity index (χ3v) is 12.8. The van der Waals surface area contributed by atoms with Crippen LogP contribution in [0.1, 0.15) is 73.6 Å². The number of rotatable bonds is 8. The smallest absolute Gasteiger partial charge is 0.226 e. The fourth-order valence-electron chi connectivity index (χ4n) is 9.21. The first kappa shape index (κ1) is 34.1. The predicted octanol–water partition coefficient (Wildman–Crippen LogP) is 8.99. The predicted molar refractivity (Wildman–Crippen MR) is 202 cm³/mol. The number of hydrogen-bond acceptors (Lipinski definition) is 6. The van der Waals surface area contributed by atoms with Gasteiger partial charge in [-0.2, -0.15) is 10.5 Å². The van der Waals surface area contributed by atoms with Gasteiger partial charge in [-0.25, -0.2) is 9.37 Å². The molecule has 268 valence electrons. The standard InChI is InChI=1S/C42H37Cl2FN6O2/c1-21-29-17-33(34-18-35(22(2)50(34)42(52)24-11-12-24)53-27-8-3-6-23(14-27)19-47)51(40-26-16-32(40)48-20-26)41(29)30-15-25(7-5-13-46)36(38(45)39(30)49-21)28-9-4-10-31(43)37(28)44/h3-4,6,8-10,14-15,17,22,24,26,32,34-35,40,48H,5,7,11-12,16,18,20H2,1-2H3/t22-,26+,32+,34+,35-,40-/m0/s1. The number of carbonyl (C=O) groups is 1. The number of nitrogens with one attached hydrogen (secondary N) is 1. The Bertz CT molecular complexity index is 2420. The number of halogens is 3. The summed E-state index contributed by atoms with van der Waals surface area (Å²) in [5.41, 5.74) is 4.75. The highest BCUT2D eigenvalue weighted by Gasteiger charge is 2.52. The number of aryl methyl sites for hydroxylation is 2. The molecule has 3 aromatic carbocycles. The maximum absolute atomic E-state index is 17.2. The number of amides is 1. The summed E-state index contributed by atoms with van der Waals surface area (Å²) in [5, 5.41) is 25.0. The van der Waals surface area contributed by atoms with Crippen LogP contribution >= 0.6 is 23.2 Å². The van der Waals surface area contributed by atoms with Crippen LogP contribution in [0.4, 0.5) is 4.39 Å². The lowest BCUT2D eigenvalue weighted by molar-refractivity contribution is -0.136. The van der Waals surface area contributed by atoms with Crippen molar-refractivity contribution in [1.82, 2.24) is 19.8 Å². The quantitative estimate of drug-likeness (QED) is 0.170. The Hall–Kier alpha value is -4.67. The highest BCUT2D eigenvalue weighted by atomic mass is 35.5. The molecular weight excluding hydrogens is 710 g/mol. The largest absolute Gasteiger partial charge is 0.488 e. The third kappa shape index (κ3) is 5.47. The van der Waals surface area contributed by atoms with Crippen LogP contribution in [0, 0.1) is 47.2 Å². The first-order valence-corrected chi connectivity index (χ1v) is 19.1. The van der Waals surface area contributed by atoms with Gasteiger partial charge in [0, 0.05) is 64.6 Å².